The number of hydrogen-bond acceptors (Lipinski definition) is 6. The van der Waals surface area contributed by atoms with E-state index in [-0.39, 0.29) is 30.4 Å². The number of hydrogen-bond donors (Lipinski definition) is 1. The third-order valence-corrected chi connectivity index (χ3v) is 6.78. The van der Waals surface area contributed by atoms with E-state index in [1.54, 1.807) is 18.2 Å². The van der Waals surface area contributed by atoms with E-state index in [4.69, 9.17) is 13.9 Å². The molecule has 42 heavy (non-hydrogen) atoms. The second-order valence-corrected chi connectivity index (χ2v) is 9.80. The molecular formula is C35H34ClNO5. The van der Waals surface area contributed by atoms with Crippen molar-refractivity contribution in [1.82, 2.24) is 5.32 Å². The quantitative estimate of drug-likeness (QED) is 0.126. The number of ether oxygens (including phenoxy) is 2. The van der Waals surface area contributed by atoms with Crippen molar-refractivity contribution >= 4 is 29.3 Å². The molecule has 1 heterocycles. The van der Waals surface area contributed by atoms with Gasteiger partial charge in [0, 0.05) is 18.2 Å². The first-order chi connectivity index (χ1) is 20.1. The van der Waals surface area contributed by atoms with Gasteiger partial charge in [-0.25, -0.2) is 0 Å². The second-order valence-electron chi connectivity index (χ2n) is 9.80. The number of halogens is 1. The van der Waals surface area contributed by atoms with Crippen LogP contribution in [0.25, 0.3) is 22.3 Å². The Balaban J connectivity index is 0.00000405. The molecule has 7 heteroatoms. The van der Waals surface area contributed by atoms with Crippen LogP contribution in [0.5, 0.6) is 5.75 Å². The van der Waals surface area contributed by atoms with Crippen LogP contribution in [0.3, 0.4) is 0 Å². The molecule has 216 valence electrons. The smallest absolute Gasteiger partial charge is 0.318 e. The van der Waals surface area contributed by atoms with Crippen molar-refractivity contribution in [3.05, 3.63) is 137 Å². The number of nitrogens with one attached hydrogen (secondary N) is 1. The van der Waals surface area contributed by atoms with Gasteiger partial charge in [0.05, 0.1) is 5.39 Å². The van der Waals surface area contributed by atoms with Crippen LogP contribution in [0.1, 0.15) is 30.4 Å². The lowest BCUT2D eigenvalue weighted by atomic mass is 9.91. The van der Waals surface area contributed by atoms with Crippen LogP contribution in [0, 0.1) is 0 Å². The average molecular weight is 584 g/mol. The second kappa shape index (κ2) is 15.0. The molecule has 0 amide bonds. The number of carbonyl (C=O) groups excluding carboxylic acids is 1. The Morgan fingerprint density at radius 1 is 0.833 bits per heavy atom. The van der Waals surface area contributed by atoms with Crippen LogP contribution < -0.4 is 15.5 Å². The predicted octanol–water partition coefficient (Wildman–Crippen LogP) is 7.00. The molecular weight excluding hydrogens is 550 g/mol. The van der Waals surface area contributed by atoms with Crippen LogP contribution in [-0.4, -0.2) is 31.8 Å². The fourth-order valence-corrected chi connectivity index (χ4v) is 4.75. The van der Waals surface area contributed by atoms with E-state index in [1.165, 1.54) is 6.07 Å². The molecule has 0 fully saturated rings. The molecule has 0 saturated carbocycles. The summed E-state index contributed by atoms with van der Waals surface area (Å²) < 4.78 is 18.5. The minimum absolute atomic E-state index is 0. The topological polar surface area (TPSA) is 77.8 Å². The first-order valence-electron chi connectivity index (χ1n) is 13.9. The highest BCUT2D eigenvalue weighted by molar-refractivity contribution is 5.85. The summed E-state index contributed by atoms with van der Waals surface area (Å²) in [5.41, 5.74) is 2.71. The molecule has 1 N–H and O–H groups in total. The SMILES string of the molecule is CCCNCC(COc1cccc2c(=O)cc(-c3ccccc3)oc12)OC(=O)C(c1ccccc1)c1ccccc1.Cl. The summed E-state index contributed by atoms with van der Waals surface area (Å²) in [6.07, 6.45) is 0.359. The van der Waals surface area contributed by atoms with Gasteiger partial charge in [-0.1, -0.05) is 104 Å². The van der Waals surface area contributed by atoms with Crippen molar-refractivity contribution < 1.29 is 18.7 Å². The van der Waals surface area contributed by atoms with Gasteiger partial charge in [0.15, 0.2) is 16.8 Å². The molecule has 0 spiro atoms. The third kappa shape index (κ3) is 7.46. The van der Waals surface area contributed by atoms with E-state index in [0.717, 1.165) is 29.7 Å². The number of carbonyl (C=O) groups is 1. The van der Waals surface area contributed by atoms with Gasteiger partial charge in [-0.2, -0.15) is 0 Å². The maximum atomic E-state index is 13.7. The van der Waals surface area contributed by atoms with E-state index in [0.29, 0.717) is 29.0 Å². The molecule has 0 aliphatic heterocycles. The Labute approximate surface area is 251 Å². The summed E-state index contributed by atoms with van der Waals surface area (Å²) in [5.74, 6) is -0.0582. The highest BCUT2D eigenvalue weighted by Gasteiger charge is 2.27. The highest BCUT2D eigenvalue weighted by atomic mass is 35.5. The fourth-order valence-electron chi connectivity index (χ4n) is 4.75. The Bertz CT molecular complexity index is 1580. The van der Waals surface area contributed by atoms with Crippen LogP contribution in [0.2, 0.25) is 0 Å². The molecule has 0 radical (unpaired) electrons. The highest BCUT2D eigenvalue weighted by Crippen LogP contribution is 2.30. The first-order valence-corrected chi connectivity index (χ1v) is 13.9. The molecule has 0 saturated heterocycles. The number of benzene rings is 4. The lowest BCUT2D eigenvalue weighted by Crippen LogP contribution is -2.37. The van der Waals surface area contributed by atoms with Gasteiger partial charge in [0.1, 0.15) is 24.4 Å². The van der Waals surface area contributed by atoms with Crippen LogP contribution >= 0.6 is 12.4 Å². The molecule has 0 aliphatic carbocycles. The summed E-state index contributed by atoms with van der Waals surface area (Å²) in [6, 6.07) is 35.4. The Morgan fingerprint density at radius 2 is 1.45 bits per heavy atom. The van der Waals surface area contributed by atoms with Crippen LogP contribution in [0.15, 0.2) is 124 Å². The monoisotopic (exact) mass is 583 g/mol. The van der Waals surface area contributed by atoms with E-state index in [1.807, 2.05) is 91.0 Å². The largest absolute Gasteiger partial charge is 0.486 e. The molecule has 1 aromatic heterocycles. The van der Waals surface area contributed by atoms with E-state index >= 15 is 0 Å². The fraction of sp³-hybridized carbons (Fsp3) is 0.200. The first kappa shape index (κ1) is 30.6. The van der Waals surface area contributed by atoms with Crippen molar-refractivity contribution in [2.75, 3.05) is 19.7 Å². The van der Waals surface area contributed by atoms with Crippen molar-refractivity contribution in [3.63, 3.8) is 0 Å². The molecule has 0 bridgehead atoms. The van der Waals surface area contributed by atoms with Gasteiger partial charge in [-0.05, 0) is 36.2 Å². The van der Waals surface area contributed by atoms with E-state index < -0.39 is 12.0 Å². The molecule has 1 unspecified atom stereocenters. The van der Waals surface area contributed by atoms with Crippen molar-refractivity contribution in [2.45, 2.75) is 25.4 Å². The lowest BCUT2D eigenvalue weighted by molar-refractivity contribution is -0.151. The Morgan fingerprint density at radius 3 is 2.07 bits per heavy atom. The molecule has 1 atom stereocenters. The van der Waals surface area contributed by atoms with E-state index in [2.05, 4.69) is 12.2 Å². The summed E-state index contributed by atoms with van der Waals surface area (Å²) >= 11 is 0. The number of para-hydroxylation sites is 1. The van der Waals surface area contributed by atoms with Crippen molar-refractivity contribution in [2.24, 2.45) is 0 Å². The summed E-state index contributed by atoms with van der Waals surface area (Å²) in [5, 5.41) is 3.77. The van der Waals surface area contributed by atoms with Crippen LogP contribution in [-0.2, 0) is 9.53 Å². The van der Waals surface area contributed by atoms with E-state index in [9.17, 15) is 9.59 Å². The number of esters is 1. The van der Waals surface area contributed by atoms with Crippen molar-refractivity contribution in [1.29, 1.82) is 0 Å². The zero-order valence-corrected chi connectivity index (χ0v) is 24.2. The maximum Gasteiger partial charge on any atom is 0.318 e. The standard InChI is InChI=1S/C35H33NO5.ClH/c1-2-21-36-23-28(40-35(38)33(26-15-8-4-9-16-26)27-17-10-5-11-18-27)24-39-31-20-12-19-29-30(37)22-32(41-34(29)31)25-13-6-3-7-14-25;/h3-20,22,28,33,36H,2,21,23-24H2,1H3;1H. The third-order valence-electron chi connectivity index (χ3n) is 6.78. The minimum Gasteiger partial charge on any atom is -0.486 e. The molecule has 5 aromatic rings. The molecule has 0 aliphatic rings. The van der Waals surface area contributed by atoms with Gasteiger partial charge in [-0.3, -0.25) is 9.59 Å². The molecule has 5 rings (SSSR count). The van der Waals surface area contributed by atoms with Gasteiger partial charge < -0.3 is 19.2 Å². The lowest BCUT2D eigenvalue weighted by Gasteiger charge is -2.23. The molecule has 6 nitrogen and oxygen atoms in total. The van der Waals surface area contributed by atoms with Gasteiger partial charge in [0.25, 0.3) is 0 Å². The molecule has 4 aromatic carbocycles. The number of rotatable bonds is 12. The number of fused-ring (bicyclic) bond motifs is 1. The van der Waals surface area contributed by atoms with Gasteiger partial charge in [-0.15, -0.1) is 12.4 Å². The Kier molecular flexibility index (Phi) is 10.9. The Hall–Kier alpha value is -4.39. The average Bonchev–Trinajstić information content (AvgIpc) is 3.01. The van der Waals surface area contributed by atoms with Crippen molar-refractivity contribution in [3.8, 4) is 17.1 Å². The summed E-state index contributed by atoms with van der Waals surface area (Å²) in [6.45, 7) is 3.35. The summed E-state index contributed by atoms with van der Waals surface area (Å²) in [7, 11) is 0. The maximum absolute atomic E-state index is 13.7. The zero-order chi connectivity index (χ0) is 28.4. The zero-order valence-electron chi connectivity index (χ0n) is 23.4. The van der Waals surface area contributed by atoms with Gasteiger partial charge >= 0.3 is 5.97 Å². The normalized spacial score (nSPS) is 11.6. The predicted molar refractivity (Wildman–Crippen MR) is 168 cm³/mol. The summed E-state index contributed by atoms with van der Waals surface area (Å²) in [4.78, 5) is 26.6. The minimum atomic E-state index is -0.580. The van der Waals surface area contributed by atoms with Crippen LogP contribution in [0.4, 0.5) is 0 Å². The van der Waals surface area contributed by atoms with Gasteiger partial charge in [0.2, 0.25) is 0 Å².